The number of aromatic nitrogens is 2. The summed E-state index contributed by atoms with van der Waals surface area (Å²) >= 11 is 0. The van der Waals surface area contributed by atoms with E-state index in [1.165, 1.54) is 9.99 Å². The van der Waals surface area contributed by atoms with Gasteiger partial charge in [-0.05, 0) is 54.8 Å². The highest BCUT2D eigenvalue weighted by molar-refractivity contribution is 7.86. The SMILES string of the molecule is N#Cc1cc(-c2ccnc(Cc3ccc(N4CCOCC4)cc3)n2)ccc1OC1CCN(S(N)(=O)=O)CC1. The number of hydrogen-bond acceptors (Lipinski definition) is 8. The normalized spacial score (nSPS) is 17.2. The molecule has 38 heavy (non-hydrogen) atoms. The highest BCUT2D eigenvalue weighted by Crippen LogP contribution is 2.28. The fourth-order valence-corrected chi connectivity index (χ4v) is 5.46. The molecule has 11 heteroatoms. The average molecular weight is 535 g/mol. The van der Waals surface area contributed by atoms with Crippen LogP contribution in [0.1, 0.15) is 29.8 Å². The number of anilines is 1. The van der Waals surface area contributed by atoms with Gasteiger partial charge in [-0.2, -0.15) is 18.0 Å². The lowest BCUT2D eigenvalue weighted by Gasteiger charge is -2.30. The van der Waals surface area contributed by atoms with Crippen LogP contribution in [0, 0.1) is 11.3 Å². The Morgan fingerprint density at radius 3 is 2.47 bits per heavy atom. The zero-order valence-electron chi connectivity index (χ0n) is 21.0. The molecular weight excluding hydrogens is 504 g/mol. The van der Waals surface area contributed by atoms with Crippen molar-refractivity contribution in [2.24, 2.45) is 5.14 Å². The molecule has 2 N–H and O–H groups in total. The Hall–Kier alpha value is -3.56. The maximum atomic E-state index is 11.5. The zero-order chi connectivity index (χ0) is 26.5. The van der Waals surface area contributed by atoms with Crippen molar-refractivity contribution < 1.29 is 17.9 Å². The van der Waals surface area contributed by atoms with Gasteiger partial charge in [-0.3, -0.25) is 0 Å². The summed E-state index contributed by atoms with van der Waals surface area (Å²) in [5, 5.41) is 15.0. The topological polar surface area (TPSA) is 135 Å². The van der Waals surface area contributed by atoms with E-state index in [2.05, 4.69) is 40.2 Å². The minimum Gasteiger partial charge on any atom is -0.489 e. The summed E-state index contributed by atoms with van der Waals surface area (Å²) in [4.78, 5) is 11.5. The second-order valence-electron chi connectivity index (χ2n) is 9.38. The molecule has 10 nitrogen and oxygen atoms in total. The molecule has 198 valence electrons. The number of piperidine rings is 1. The molecule has 0 spiro atoms. The number of ether oxygens (including phenoxy) is 2. The number of benzene rings is 2. The molecular formula is C27H30N6O4S. The lowest BCUT2D eigenvalue weighted by atomic mass is 10.1. The third-order valence-electron chi connectivity index (χ3n) is 6.83. The molecule has 2 saturated heterocycles. The van der Waals surface area contributed by atoms with E-state index >= 15 is 0 Å². The molecule has 2 fully saturated rings. The fourth-order valence-electron chi connectivity index (χ4n) is 4.74. The Labute approximate surface area is 222 Å². The first-order valence-corrected chi connectivity index (χ1v) is 14.1. The molecule has 1 aromatic heterocycles. The van der Waals surface area contributed by atoms with Crippen molar-refractivity contribution >= 4 is 15.9 Å². The van der Waals surface area contributed by atoms with Gasteiger partial charge in [-0.15, -0.1) is 0 Å². The molecule has 0 amide bonds. The van der Waals surface area contributed by atoms with Crippen LogP contribution in [0.5, 0.6) is 5.75 Å². The molecule has 3 aromatic rings. The van der Waals surface area contributed by atoms with Gasteiger partial charge in [-0.25, -0.2) is 15.1 Å². The van der Waals surface area contributed by atoms with Crippen molar-refractivity contribution in [1.82, 2.24) is 14.3 Å². The number of morpholine rings is 1. The maximum Gasteiger partial charge on any atom is 0.276 e. The first-order chi connectivity index (χ1) is 18.4. The standard InChI is InChI=1S/C27H30N6O4S/c28-19-22-18-21(3-6-26(22)37-24-8-11-33(12-9-24)38(29,34)35)25-7-10-30-27(31-25)17-20-1-4-23(5-2-20)32-13-15-36-16-14-32/h1-7,10,18,24H,8-9,11-17H2,(H2,29,34,35). The first-order valence-electron chi connectivity index (χ1n) is 12.6. The summed E-state index contributed by atoms with van der Waals surface area (Å²) in [6.07, 6.45) is 3.15. The van der Waals surface area contributed by atoms with Crippen LogP contribution in [0.15, 0.2) is 54.7 Å². The van der Waals surface area contributed by atoms with E-state index in [1.807, 2.05) is 12.1 Å². The largest absolute Gasteiger partial charge is 0.489 e. The molecule has 5 rings (SSSR count). The second-order valence-corrected chi connectivity index (χ2v) is 10.9. The number of nitrogens with zero attached hydrogens (tertiary/aromatic N) is 5. The molecule has 0 aliphatic carbocycles. The van der Waals surface area contributed by atoms with Crippen LogP contribution in [0.2, 0.25) is 0 Å². The van der Waals surface area contributed by atoms with E-state index in [9.17, 15) is 13.7 Å². The molecule has 0 atom stereocenters. The van der Waals surface area contributed by atoms with E-state index in [1.54, 1.807) is 18.3 Å². The third kappa shape index (κ3) is 6.28. The van der Waals surface area contributed by atoms with E-state index < -0.39 is 10.2 Å². The Balaban J connectivity index is 1.25. The van der Waals surface area contributed by atoms with Crippen LogP contribution in [0.3, 0.4) is 0 Å². The maximum absolute atomic E-state index is 11.5. The van der Waals surface area contributed by atoms with Gasteiger partial charge in [-0.1, -0.05) is 12.1 Å². The van der Waals surface area contributed by atoms with Gasteiger partial charge in [0.15, 0.2) is 0 Å². The van der Waals surface area contributed by atoms with Crippen molar-refractivity contribution in [3.63, 3.8) is 0 Å². The van der Waals surface area contributed by atoms with Gasteiger partial charge >= 0.3 is 0 Å². The summed E-state index contributed by atoms with van der Waals surface area (Å²) in [5.74, 6) is 1.17. The predicted molar refractivity (Wildman–Crippen MR) is 143 cm³/mol. The average Bonchev–Trinajstić information content (AvgIpc) is 2.94. The van der Waals surface area contributed by atoms with Gasteiger partial charge in [0, 0.05) is 50.0 Å². The number of hydrogen-bond donors (Lipinski definition) is 1. The lowest BCUT2D eigenvalue weighted by molar-refractivity contribution is 0.122. The van der Waals surface area contributed by atoms with E-state index in [4.69, 9.17) is 19.6 Å². The second kappa shape index (κ2) is 11.4. The zero-order valence-corrected chi connectivity index (χ0v) is 21.8. The van der Waals surface area contributed by atoms with Crippen LogP contribution in [0.25, 0.3) is 11.3 Å². The summed E-state index contributed by atoms with van der Waals surface area (Å²) in [7, 11) is -3.69. The van der Waals surface area contributed by atoms with E-state index in [0.717, 1.165) is 43.1 Å². The monoisotopic (exact) mass is 534 g/mol. The highest BCUT2D eigenvalue weighted by Gasteiger charge is 2.27. The van der Waals surface area contributed by atoms with Gasteiger partial charge < -0.3 is 14.4 Å². The van der Waals surface area contributed by atoms with Crippen LogP contribution < -0.4 is 14.8 Å². The molecule has 0 bridgehead atoms. The smallest absolute Gasteiger partial charge is 0.276 e. The van der Waals surface area contributed by atoms with Gasteiger partial charge in [0.25, 0.3) is 10.2 Å². The molecule has 3 heterocycles. The van der Waals surface area contributed by atoms with Crippen LogP contribution in [-0.4, -0.2) is 68.2 Å². The molecule has 2 aliphatic rings. The van der Waals surface area contributed by atoms with Gasteiger partial charge in [0.2, 0.25) is 0 Å². The molecule has 2 aliphatic heterocycles. The minimum atomic E-state index is -3.69. The van der Waals surface area contributed by atoms with Crippen molar-refractivity contribution in [2.75, 3.05) is 44.3 Å². The minimum absolute atomic E-state index is 0.189. The molecule has 2 aromatic carbocycles. The summed E-state index contributed by atoms with van der Waals surface area (Å²) in [6.45, 7) is 3.90. The Kier molecular flexibility index (Phi) is 7.85. The molecule has 0 radical (unpaired) electrons. The Morgan fingerprint density at radius 1 is 1.05 bits per heavy atom. The quantitative estimate of drug-likeness (QED) is 0.489. The predicted octanol–water partition coefficient (Wildman–Crippen LogP) is 2.49. The summed E-state index contributed by atoms with van der Waals surface area (Å²) < 4.78 is 35.8. The van der Waals surface area contributed by atoms with Crippen LogP contribution in [-0.2, 0) is 21.4 Å². The van der Waals surface area contributed by atoms with Crippen molar-refractivity contribution in [2.45, 2.75) is 25.4 Å². The van der Waals surface area contributed by atoms with Crippen molar-refractivity contribution in [1.29, 1.82) is 5.26 Å². The van der Waals surface area contributed by atoms with Crippen molar-refractivity contribution in [3.8, 4) is 23.1 Å². The fraction of sp³-hybridized carbons (Fsp3) is 0.370. The van der Waals surface area contributed by atoms with Crippen LogP contribution >= 0.6 is 0 Å². The first kappa shape index (κ1) is 26.1. The Bertz CT molecular complexity index is 1410. The van der Waals surface area contributed by atoms with E-state index in [0.29, 0.717) is 49.5 Å². The Morgan fingerprint density at radius 2 is 1.79 bits per heavy atom. The number of rotatable bonds is 7. The third-order valence-corrected chi connectivity index (χ3v) is 7.92. The highest BCUT2D eigenvalue weighted by atomic mass is 32.2. The summed E-state index contributed by atoms with van der Waals surface area (Å²) in [6, 6.07) is 17.9. The van der Waals surface area contributed by atoms with Gasteiger partial charge in [0.05, 0.1) is 24.5 Å². The van der Waals surface area contributed by atoms with Crippen LogP contribution in [0.4, 0.5) is 5.69 Å². The van der Waals surface area contributed by atoms with Crippen molar-refractivity contribution in [3.05, 3.63) is 71.7 Å². The molecule has 0 saturated carbocycles. The van der Waals surface area contributed by atoms with E-state index in [-0.39, 0.29) is 6.10 Å². The van der Waals surface area contributed by atoms with Gasteiger partial charge in [0.1, 0.15) is 23.7 Å². The number of nitriles is 1. The molecule has 0 unspecified atom stereocenters. The number of nitrogens with two attached hydrogens (primary N) is 1. The lowest BCUT2D eigenvalue weighted by Crippen LogP contribution is -2.44. The summed E-state index contributed by atoms with van der Waals surface area (Å²) in [5.41, 5.74) is 4.23.